The van der Waals surface area contributed by atoms with Crippen molar-refractivity contribution in [2.75, 3.05) is 45.6 Å². The van der Waals surface area contributed by atoms with Crippen LogP contribution in [0.3, 0.4) is 0 Å². The van der Waals surface area contributed by atoms with Gasteiger partial charge >= 0.3 is 0 Å². The van der Waals surface area contributed by atoms with Gasteiger partial charge in [0.15, 0.2) is 0 Å². The van der Waals surface area contributed by atoms with Crippen LogP contribution in [0.5, 0.6) is 0 Å². The molecule has 1 aliphatic heterocycles. The van der Waals surface area contributed by atoms with Gasteiger partial charge in [-0.15, -0.1) is 0 Å². The first-order valence-electron chi connectivity index (χ1n) is 10.2. The number of allylic oxidation sites excluding steroid dienone is 2. The Morgan fingerprint density at radius 1 is 1.30 bits per heavy atom. The quantitative estimate of drug-likeness (QED) is 0.755. The van der Waals surface area contributed by atoms with Gasteiger partial charge in [0.1, 0.15) is 0 Å². The summed E-state index contributed by atoms with van der Waals surface area (Å²) in [5, 5.41) is 8.98. The number of nitrogens with two attached hydrogens (primary N) is 1. The molecule has 0 radical (unpaired) electrons. The van der Waals surface area contributed by atoms with Crippen molar-refractivity contribution < 1.29 is 9.90 Å². The Morgan fingerprint density at radius 2 is 2.07 bits per heavy atom. The predicted octanol–water partition coefficient (Wildman–Crippen LogP) is 2.86. The average molecular weight is 372 g/mol. The maximum absolute atomic E-state index is 12.4. The van der Waals surface area contributed by atoms with Gasteiger partial charge in [-0.05, 0) is 74.8 Å². The molecular formula is C22H33N3O2. The van der Waals surface area contributed by atoms with Gasteiger partial charge in [-0.1, -0.05) is 12.1 Å². The first-order valence-corrected chi connectivity index (χ1v) is 10.2. The van der Waals surface area contributed by atoms with Crippen LogP contribution < -0.4 is 5.73 Å². The second-order valence-corrected chi connectivity index (χ2v) is 7.94. The monoisotopic (exact) mass is 371 g/mol. The van der Waals surface area contributed by atoms with Crippen molar-refractivity contribution in [3.05, 3.63) is 35.4 Å². The number of rotatable bonds is 6. The zero-order valence-corrected chi connectivity index (χ0v) is 16.5. The molecule has 3 rings (SSSR count). The van der Waals surface area contributed by atoms with E-state index < -0.39 is 0 Å². The van der Waals surface area contributed by atoms with Gasteiger partial charge < -0.3 is 15.7 Å². The van der Waals surface area contributed by atoms with Crippen LogP contribution >= 0.6 is 0 Å². The first kappa shape index (κ1) is 19.9. The molecule has 0 unspecified atom stereocenters. The van der Waals surface area contributed by atoms with Crippen molar-refractivity contribution >= 4 is 17.2 Å². The van der Waals surface area contributed by atoms with Gasteiger partial charge in [-0.2, -0.15) is 0 Å². The number of nitrogen functional groups attached to an aromatic ring is 1. The molecule has 5 heteroatoms. The maximum Gasteiger partial charge on any atom is 0.236 e. The Balaban J connectivity index is 1.61. The van der Waals surface area contributed by atoms with E-state index in [9.17, 15) is 4.79 Å². The minimum Gasteiger partial charge on any atom is -0.398 e. The van der Waals surface area contributed by atoms with E-state index in [4.69, 9.17) is 10.8 Å². The molecule has 0 bridgehead atoms. The number of hydrogen-bond acceptors (Lipinski definition) is 4. The predicted molar refractivity (Wildman–Crippen MR) is 110 cm³/mol. The zero-order valence-electron chi connectivity index (χ0n) is 16.5. The van der Waals surface area contributed by atoms with Crippen molar-refractivity contribution in [1.82, 2.24) is 9.80 Å². The van der Waals surface area contributed by atoms with Crippen LogP contribution in [0.25, 0.3) is 5.57 Å². The maximum atomic E-state index is 12.4. The number of likely N-dealkylation sites (N-methyl/N-ethyl adjacent to an activating group) is 1. The number of likely N-dealkylation sites (tertiary alicyclic amines) is 1. The highest BCUT2D eigenvalue weighted by molar-refractivity contribution is 5.78. The molecule has 1 aromatic carbocycles. The number of amides is 1. The lowest BCUT2D eigenvalue weighted by Gasteiger charge is -2.33. The molecule has 0 aromatic heterocycles. The number of benzene rings is 1. The van der Waals surface area contributed by atoms with E-state index in [-0.39, 0.29) is 12.5 Å². The molecule has 1 fully saturated rings. The van der Waals surface area contributed by atoms with Gasteiger partial charge in [-0.3, -0.25) is 9.69 Å². The fourth-order valence-electron chi connectivity index (χ4n) is 4.23. The Labute approximate surface area is 162 Å². The highest BCUT2D eigenvalue weighted by Crippen LogP contribution is 2.35. The number of nitrogens with zero attached hydrogens (tertiary/aromatic N) is 2. The van der Waals surface area contributed by atoms with Crippen molar-refractivity contribution in [2.45, 2.75) is 44.4 Å². The Bertz CT molecular complexity index is 678. The van der Waals surface area contributed by atoms with E-state index in [1.165, 1.54) is 29.5 Å². The summed E-state index contributed by atoms with van der Waals surface area (Å²) in [6.07, 6.45) is 9.16. The van der Waals surface area contributed by atoms with Crippen LogP contribution in [0, 0.1) is 0 Å². The topological polar surface area (TPSA) is 69.8 Å². The minimum absolute atomic E-state index is 0.0851. The Hall–Kier alpha value is -1.85. The normalized spacial score (nSPS) is 18.6. The number of anilines is 1. The molecule has 1 amide bonds. The van der Waals surface area contributed by atoms with Crippen molar-refractivity contribution in [2.24, 2.45) is 0 Å². The van der Waals surface area contributed by atoms with Gasteiger partial charge in [0.25, 0.3) is 0 Å². The number of aliphatic hydroxyl groups excluding tert-OH is 1. The van der Waals surface area contributed by atoms with E-state index in [0.29, 0.717) is 19.0 Å². The molecule has 1 saturated heterocycles. The highest BCUT2D eigenvalue weighted by atomic mass is 16.3. The van der Waals surface area contributed by atoms with Crippen LogP contribution in [0.4, 0.5) is 5.69 Å². The fourth-order valence-corrected chi connectivity index (χ4v) is 4.23. The van der Waals surface area contributed by atoms with Crippen molar-refractivity contribution in [3.8, 4) is 0 Å². The van der Waals surface area contributed by atoms with E-state index in [0.717, 1.165) is 44.5 Å². The van der Waals surface area contributed by atoms with Crippen LogP contribution in [0.2, 0.25) is 0 Å². The average Bonchev–Trinajstić information content (AvgIpc) is 2.69. The largest absolute Gasteiger partial charge is 0.398 e. The lowest BCUT2D eigenvalue weighted by atomic mass is 9.85. The first-order chi connectivity index (χ1) is 13.1. The molecule has 0 spiro atoms. The van der Waals surface area contributed by atoms with Gasteiger partial charge in [0, 0.05) is 30.9 Å². The van der Waals surface area contributed by atoms with Crippen LogP contribution in [0.15, 0.2) is 24.3 Å². The van der Waals surface area contributed by atoms with Crippen molar-refractivity contribution in [3.63, 3.8) is 0 Å². The molecule has 27 heavy (non-hydrogen) atoms. The molecule has 1 aromatic rings. The Morgan fingerprint density at radius 3 is 2.74 bits per heavy atom. The molecule has 0 saturated carbocycles. The number of carbonyl (C=O) groups is 1. The molecule has 148 valence electrons. The van der Waals surface area contributed by atoms with Crippen LogP contribution in [0.1, 0.15) is 55.6 Å². The smallest absolute Gasteiger partial charge is 0.236 e. The fraction of sp³-hybridized carbons (Fsp3) is 0.591. The number of aliphatic hydroxyl groups is 1. The van der Waals surface area contributed by atoms with Crippen LogP contribution in [-0.4, -0.2) is 60.6 Å². The lowest BCUT2D eigenvalue weighted by molar-refractivity contribution is -0.133. The van der Waals surface area contributed by atoms with Gasteiger partial charge in [-0.25, -0.2) is 0 Å². The molecule has 5 nitrogen and oxygen atoms in total. The minimum atomic E-state index is 0.0851. The third-order valence-electron chi connectivity index (χ3n) is 5.92. The number of hydrogen-bond donors (Lipinski definition) is 2. The SMILES string of the molecule is CN(CCO)CC(=O)N1CCC(c2ccc(N)c(C3=CCCCC3)c2)CC1. The summed E-state index contributed by atoms with van der Waals surface area (Å²) in [5.74, 6) is 0.655. The van der Waals surface area contributed by atoms with E-state index >= 15 is 0 Å². The highest BCUT2D eigenvalue weighted by Gasteiger charge is 2.25. The zero-order chi connectivity index (χ0) is 19.2. The molecule has 1 aliphatic carbocycles. The summed E-state index contributed by atoms with van der Waals surface area (Å²) in [6.45, 7) is 2.61. The number of carbonyl (C=O) groups excluding carboxylic acids is 1. The molecule has 0 atom stereocenters. The third kappa shape index (κ3) is 5.11. The van der Waals surface area contributed by atoms with E-state index in [1.54, 1.807) is 0 Å². The summed E-state index contributed by atoms with van der Waals surface area (Å²) in [6, 6.07) is 6.52. The standard InChI is InChI=1S/C22H33N3O2/c1-24(13-14-26)16-22(27)25-11-9-17(10-12-25)19-7-8-21(23)20(15-19)18-5-3-2-4-6-18/h5,7-8,15,17,26H,2-4,6,9-14,16,23H2,1H3. The van der Waals surface area contributed by atoms with E-state index in [1.807, 2.05) is 16.8 Å². The van der Waals surface area contributed by atoms with E-state index in [2.05, 4.69) is 24.3 Å². The lowest BCUT2D eigenvalue weighted by Crippen LogP contribution is -2.43. The summed E-state index contributed by atoms with van der Waals surface area (Å²) < 4.78 is 0. The van der Waals surface area contributed by atoms with Gasteiger partial charge in [0.05, 0.1) is 13.2 Å². The second-order valence-electron chi connectivity index (χ2n) is 7.94. The summed E-state index contributed by atoms with van der Waals surface area (Å²) >= 11 is 0. The molecule has 2 aliphatic rings. The van der Waals surface area contributed by atoms with Gasteiger partial charge in [0.2, 0.25) is 5.91 Å². The summed E-state index contributed by atoms with van der Waals surface area (Å²) in [4.78, 5) is 16.2. The van der Waals surface area contributed by atoms with Crippen molar-refractivity contribution in [1.29, 1.82) is 0 Å². The molecule has 1 heterocycles. The summed E-state index contributed by atoms with van der Waals surface area (Å²) in [5.41, 5.74) is 11.1. The Kier molecular flexibility index (Phi) is 6.91. The second kappa shape index (κ2) is 9.38. The third-order valence-corrected chi connectivity index (χ3v) is 5.92. The molecular weight excluding hydrogens is 338 g/mol. The summed E-state index contributed by atoms with van der Waals surface area (Å²) in [7, 11) is 1.87. The number of piperidine rings is 1. The molecule has 3 N–H and O–H groups in total. The van der Waals surface area contributed by atoms with Crippen LogP contribution in [-0.2, 0) is 4.79 Å².